The molecule has 0 spiro atoms. The molecule has 0 saturated carbocycles. The molecule has 0 bridgehead atoms. The summed E-state index contributed by atoms with van der Waals surface area (Å²) in [7, 11) is 0. The molecule has 0 aromatic heterocycles. The van der Waals surface area contributed by atoms with Gasteiger partial charge >= 0.3 is 0 Å². The number of nitrogens with two attached hydrogens (primary N) is 1. The van der Waals surface area contributed by atoms with Crippen LogP contribution in [0.3, 0.4) is 0 Å². The van der Waals surface area contributed by atoms with Crippen molar-refractivity contribution in [3.63, 3.8) is 0 Å². The van der Waals surface area contributed by atoms with E-state index in [4.69, 9.17) is 5.73 Å². The maximum Gasteiger partial charge on any atom is 0.00155 e. The lowest BCUT2D eigenvalue weighted by molar-refractivity contribution is 0.250. The fourth-order valence-corrected chi connectivity index (χ4v) is 2.06. The first kappa shape index (κ1) is 11.0. The maximum absolute atomic E-state index is 5.75. The lowest BCUT2D eigenvalue weighted by atomic mass is 9.79. The molecule has 0 radical (unpaired) electrons. The Kier molecular flexibility index (Phi) is 4.09. The van der Waals surface area contributed by atoms with E-state index in [-0.39, 0.29) is 0 Å². The van der Waals surface area contributed by atoms with E-state index in [0.29, 0.717) is 11.5 Å². The lowest BCUT2D eigenvalue weighted by Gasteiger charge is -2.28. The van der Waals surface area contributed by atoms with Crippen molar-refractivity contribution in [3.05, 3.63) is 0 Å². The molecule has 0 unspecified atom stereocenters. The standard InChI is InChI=1S/C10H23N/c1-8(2)6-10(4,5)7-9(3)11/h8-9H,6-7,11H2,1-5H3/t9-/m0/s1. The van der Waals surface area contributed by atoms with Gasteiger partial charge in [0.05, 0.1) is 0 Å². The van der Waals surface area contributed by atoms with Crippen LogP contribution in [0.15, 0.2) is 0 Å². The van der Waals surface area contributed by atoms with Crippen molar-refractivity contribution in [3.8, 4) is 0 Å². The first-order valence-electron chi connectivity index (χ1n) is 4.59. The Morgan fingerprint density at radius 1 is 1.09 bits per heavy atom. The smallest absolute Gasteiger partial charge is 0.00155 e. The summed E-state index contributed by atoms with van der Waals surface area (Å²) in [5, 5.41) is 0. The second-order valence-corrected chi connectivity index (χ2v) is 4.94. The zero-order valence-electron chi connectivity index (χ0n) is 8.65. The molecule has 1 atom stereocenters. The van der Waals surface area contributed by atoms with Gasteiger partial charge in [-0.1, -0.05) is 27.7 Å². The van der Waals surface area contributed by atoms with Crippen LogP contribution in [0.1, 0.15) is 47.5 Å². The highest BCUT2D eigenvalue weighted by Crippen LogP contribution is 2.29. The van der Waals surface area contributed by atoms with E-state index in [1.54, 1.807) is 0 Å². The SMILES string of the molecule is CC(C)CC(C)(C)C[C@H](C)N. The summed E-state index contributed by atoms with van der Waals surface area (Å²) in [6, 6.07) is 0.337. The average Bonchev–Trinajstić information content (AvgIpc) is 1.53. The van der Waals surface area contributed by atoms with Gasteiger partial charge in [0.2, 0.25) is 0 Å². The molecule has 11 heavy (non-hydrogen) atoms. The van der Waals surface area contributed by atoms with Gasteiger partial charge in [0.25, 0.3) is 0 Å². The third-order valence-electron chi connectivity index (χ3n) is 1.84. The molecular weight excluding hydrogens is 134 g/mol. The lowest BCUT2D eigenvalue weighted by Crippen LogP contribution is -2.26. The van der Waals surface area contributed by atoms with Gasteiger partial charge in [0, 0.05) is 6.04 Å². The van der Waals surface area contributed by atoms with Crippen molar-refractivity contribution in [2.75, 3.05) is 0 Å². The summed E-state index contributed by atoms with van der Waals surface area (Å²) in [5.74, 6) is 0.781. The van der Waals surface area contributed by atoms with Crippen LogP contribution in [0.25, 0.3) is 0 Å². The molecule has 0 aromatic carbocycles. The van der Waals surface area contributed by atoms with E-state index in [9.17, 15) is 0 Å². The molecule has 0 amide bonds. The highest BCUT2D eigenvalue weighted by molar-refractivity contribution is 4.74. The third kappa shape index (κ3) is 6.36. The molecule has 2 N–H and O–H groups in total. The minimum Gasteiger partial charge on any atom is -0.328 e. The molecule has 0 aromatic rings. The fraction of sp³-hybridized carbons (Fsp3) is 1.00. The Balaban J connectivity index is 3.79. The van der Waals surface area contributed by atoms with E-state index in [0.717, 1.165) is 12.3 Å². The maximum atomic E-state index is 5.75. The van der Waals surface area contributed by atoms with Crippen LogP contribution in [0.4, 0.5) is 0 Å². The highest BCUT2D eigenvalue weighted by Gasteiger charge is 2.20. The van der Waals surface area contributed by atoms with Gasteiger partial charge in [-0.15, -0.1) is 0 Å². The van der Waals surface area contributed by atoms with Crippen molar-refractivity contribution >= 4 is 0 Å². The van der Waals surface area contributed by atoms with Crippen LogP contribution in [-0.4, -0.2) is 6.04 Å². The molecule has 0 heterocycles. The van der Waals surface area contributed by atoms with E-state index in [1.165, 1.54) is 6.42 Å². The van der Waals surface area contributed by atoms with Crippen molar-refractivity contribution < 1.29 is 0 Å². The van der Waals surface area contributed by atoms with Crippen molar-refractivity contribution in [2.24, 2.45) is 17.1 Å². The van der Waals surface area contributed by atoms with Crippen LogP contribution < -0.4 is 5.73 Å². The van der Waals surface area contributed by atoms with Crippen molar-refractivity contribution in [2.45, 2.75) is 53.5 Å². The Labute approximate surface area is 71.4 Å². The molecule has 1 heteroatoms. The Hall–Kier alpha value is -0.0400. The first-order chi connectivity index (χ1) is 4.83. The predicted molar refractivity (Wildman–Crippen MR) is 51.5 cm³/mol. The van der Waals surface area contributed by atoms with Gasteiger partial charge in [0.1, 0.15) is 0 Å². The van der Waals surface area contributed by atoms with E-state index in [2.05, 4.69) is 34.6 Å². The molecule has 0 rings (SSSR count). The Morgan fingerprint density at radius 2 is 1.55 bits per heavy atom. The van der Waals surface area contributed by atoms with E-state index < -0.39 is 0 Å². The highest BCUT2D eigenvalue weighted by atomic mass is 14.6. The van der Waals surface area contributed by atoms with Crippen LogP contribution in [0.2, 0.25) is 0 Å². The van der Waals surface area contributed by atoms with E-state index in [1.807, 2.05) is 0 Å². The summed E-state index contributed by atoms with van der Waals surface area (Å²) in [4.78, 5) is 0. The van der Waals surface area contributed by atoms with Gasteiger partial charge < -0.3 is 5.73 Å². The van der Waals surface area contributed by atoms with Crippen molar-refractivity contribution in [1.82, 2.24) is 0 Å². The molecular formula is C10H23N. The molecule has 1 nitrogen and oxygen atoms in total. The summed E-state index contributed by atoms with van der Waals surface area (Å²) >= 11 is 0. The summed E-state index contributed by atoms with van der Waals surface area (Å²) < 4.78 is 0. The van der Waals surface area contributed by atoms with Crippen LogP contribution in [0.5, 0.6) is 0 Å². The van der Waals surface area contributed by atoms with Gasteiger partial charge in [0.15, 0.2) is 0 Å². The summed E-state index contributed by atoms with van der Waals surface area (Å²) in [6.07, 6.45) is 2.40. The summed E-state index contributed by atoms with van der Waals surface area (Å²) in [5.41, 5.74) is 6.17. The molecule has 0 aliphatic heterocycles. The zero-order chi connectivity index (χ0) is 9.07. The number of hydrogen-bond acceptors (Lipinski definition) is 1. The molecule has 0 aliphatic rings. The molecule has 0 fully saturated rings. The Morgan fingerprint density at radius 3 is 1.82 bits per heavy atom. The average molecular weight is 157 g/mol. The molecule has 68 valence electrons. The third-order valence-corrected chi connectivity index (χ3v) is 1.84. The largest absolute Gasteiger partial charge is 0.328 e. The quantitative estimate of drug-likeness (QED) is 0.667. The van der Waals surface area contributed by atoms with Crippen LogP contribution in [0, 0.1) is 11.3 Å². The van der Waals surface area contributed by atoms with Crippen LogP contribution >= 0.6 is 0 Å². The number of rotatable bonds is 4. The second-order valence-electron chi connectivity index (χ2n) is 4.94. The van der Waals surface area contributed by atoms with Crippen molar-refractivity contribution in [1.29, 1.82) is 0 Å². The van der Waals surface area contributed by atoms with Crippen LogP contribution in [-0.2, 0) is 0 Å². The molecule has 0 aliphatic carbocycles. The number of hydrogen-bond donors (Lipinski definition) is 1. The normalized spacial score (nSPS) is 15.5. The molecule has 0 saturated heterocycles. The first-order valence-corrected chi connectivity index (χ1v) is 4.59. The van der Waals surface area contributed by atoms with Gasteiger partial charge in [-0.25, -0.2) is 0 Å². The monoisotopic (exact) mass is 157 g/mol. The Bertz CT molecular complexity index is 91.4. The van der Waals surface area contributed by atoms with Gasteiger partial charge in [-0.05, 0) is 31.1 Å². The zero-order valence-corrected chi connectivity index (χ0v) is 8.65. The fourth-order valence-electron chi connectivity index (χ4n) is 2.06. The summed E-state index contributed by atoms with van der Waals surface area (Å²) in [6.45, 7) is 11.2. The van der Waals surface area contributed by atoms with Gasteiger partial charge in [-0.3, -0.25) is 0 Å². The minimum atomic E-state index is 0.337. The second kappa shape index (κ2) is 4.10. The van der Waals surface area contributed by atoms with Gasteiger partial charge in [-0.2, -0.15) is 0 Å². The predicted octanol–water partition coefficient (Wildman–Crippen LogP) is 2.80. The topological polar surface area (TPSA) is 26.0 Å². The van der Waals surface area contributed by atoms with E-state index >= 15 is 0 Å². The minimum absolute atomic E-state index is 0.337.